The molecule has 0 spiro atoms. The quantitative estimate of drug-likeness (QED) is 0.803. The number of nitrogen functional groups attached to an aromatic ring is 1. The summed E-state index contributed by atoms with van der Waals surface area (Å²) in [5.41, 5.74) is 8.57. The molecule has 1 aromatic rings. The summed E-state index contributed by atoms with van der Waals surface area (Å²) >= 11 is 0. The zero-order valence-corrected chi connectivity index (χ0v) is 9.16. The van der Waals surface area contributed by atoms with Crippen molar-refractivity contribution < 1.29 is 0 Å². The zero-order valence-electron chi connectivity index (χ0n) is 9.16. The lowest BCUT2D eigenvalue weighted by atomic mass is 10.2. The first-order valence-corrected chi connectivity index (χ1v) is 5.67. The summed E-state index contributed by atoms with van der Waals surface area (Å²) in [5, 5.41) is 9.09. The van der Waals surface area contributed by atoms with Gasteiger partial charge >= 0.3 is 0 Å². The van der Waals surface area contributed by atoms with Gasteiger partial charge in [-0.3, -0.25) is 0 Å². The van der Waals surface area contributed by atoms with Crippen LogP contribution in [-0.2, 0) is 6.42 Å². The summed E-state index contributed by atoms with van der Waals surface area (Å²) in [6, 6.07) is 4.57. The van der Waals surface area contributed by atoms with Gasteiger partial charge in [-0.15, -0.1) is 0 Å². The van der Waals surface area contributed by atoms with Crippen molar-refractivity contribution in [2.24, 2.45) is 0 Å². The van der Waals surface area contributed by atoms with Gasteiger partial charge in [0, 0.05) is 11.7 Å². The van der Waals surface area contributed by atoms with Gasteiger partial charge in [-0.1, -0.05) is 19.8 Å². The topological polar surface area (TPSA) is 54.7 Å². The van der Waals surface area contributed by atoms with Crippen LogP contribution in [0.3, 0.4) is 0 Å². The van der Waals surface area contributed by atoms with Gasteiger partial charge in [0.25, 0.3) is 0 Å². The molecule has 15 heavy (non-hydrogen) atoms. The van der Waals surface area contributed by atoms with Crippen LogP contribution < -0.4 is 5.73 Å². The Labute approximate surface area is 90.5 Å². The Morgan fingerprint density at radius 2 is 2.20 bits per heavy atom. The summed E-state index contributed by atoms with van der Waals surface area (Å²) in [5.74, 6) is 0. The monoisotopic (exact) mass is 203 g/mol. The van der Waals surface area contributed by atoms with Crippen molar-refractivity contribution in [1.29, 1.82) is 5.26 Å². The van der Waals surface area contributed by atoms with Crippen LogP contribution in [-0.4, -0.2) is 4.57 Å². The second-order valence-electron chi connectivity index (χ2n) is 4.21. The highest BCUT2D eigenvalue weighted by Gasteiger charge is 2.22. The van der Waals surface area contributed by atoms with Gasteiger partial charge in [0.1, 0.15) is 11.8 Å². The zero-order chi connectivity index (χ0) is 10.8. The highest BCUT2D eigenvalue weighted by atomic mass is 15.0. The number of aromatic nitrogens is 1. The molecule has 0 radical (unpaired) electrons. The lowest BCUT2D eigenvalue weighted by molar-refractivity contribution is 0.501. The minimum Gasteiger partial charge on any atom is -0.397 e. The Bertz CT molecular complexity index is 392. The van der Waals surface area contributed by atoms with E-state index in [2.05, 4.69) is 17.6 Å². The molecule has 1 saturated carbocycles. The van der Waals surface area contributed by atoms with Crippen LogP contribution in [0.25, 0.3) is 0 Å². The number of nitrogens with two attached hydrogens (primary N) is 1. The van der Waals surface area contributed by atoms with Crippen molar-refractivity contribution in [3.63, 3.8) is 0 Å². The van der Waals surface area contributed by atoms with Crippen LogP contribution in [0.1, 0.15) is 50.0 Å². The fourth-order valence-electron chi connectivity index (χ4n) is 2.62. The van der Waals surface area contributed by atoms with E-state index in [4.69, 9.17) is 11.0 Å². The van der Waals surface area contributed by atoms with Crippen molar-refractivity contribution in [3.8, 4) is 6.07 Å². The third-order valence-electron chi connectivity index (χ3n) is 3.32. The minimum atomic E-state index is 0.506. The van der Waals surface area contributed by atoms with Gasteiger partial charge in [-0.25, -0.2) is 0 Å². The molecule has 2 rings (SSSR count). The van der Waals surface area contributed by atoms with E-state index in [9.17, 15) is 0 Å². The molecule has 0 amide bonds. The fraction of sp³-hybridized carbons (Fsp3) is 0.583. The lowest BCUT2D eigenvalue weighted by Crippen LogP contribution is -2.10. The summed E-state index contributed by atoms with van der Waals surface area (Å²) in [6.45, 7) is 2.10. The predicted octanol–water partition coefficient (Wildman–Crippen LogP) is 2.62. The van der Waals surface area contributed by atoms with Crippen LogP contribution in [0.2, 0.25) is 0 Å². The molecule has 3 nitrogen and oxygen atoms in total. The van der Waals surface area contributed by atoms with E-state index in [1.807, 2.05) is 6.07 Å². The van der Waals surface area contributed by atoms with Gasteiger partial charge in [-0.2, -0.15) is 5.26 Å². The van der Waals surface area contributed by atoms with Gasteiger partial charge in [0.2, 0.25) is 0 Å². The number of nitrogens with zero attached hydrogens (tertiary/aromatic N) is 2. The summed E-state index contributed by atoms with van der Waals surface area (Å²) in [4.78, 5) is 0. The Balaban J connectivity index is 2.46. The first-order valence-electron chi connectivity index (χ1n) is 5.67. The largest absolute Gasteiger partial charge is 0.397 e. The van der Waals surface area contributed by atoms with Crippen LogP contribution in [0.4, 0.5) is 5.69 Å². The van der Waals surface area contributed by atoms with Crippen LogP contribution in [0.15, 0.2) is 6.07 Å². The highest BCUT2D eigenvalue weighted by Crippen LogP contribution is 2.34. The van der Waals surface area contributed by atoms with Crippen LogP contribution in [0.5, 0.6) is 0 Å². The minimum absolute atomic E-state index is 0.506. The first kappa shape index (κ1) is 10.1. The molecule has 80 valence electrons. The number of hydrogen-bond donors (Lipinski definition) is 1. The van der Waals surface area contributed by atoms with Crippen molar-refractivity contribution in [3.05, 3.63) is 17.5 Å². The number of anilines is 1. The SMILES string of the molecule is CCc1c(N)cc(C#N)n1C1CCCC1. The smallest absolute Gasteiger partial charge is 0.122 e. The van der Waals surface area contributed by atoms with Gasteiger partial charge in [0.05, 0.1) is 5.69 Å². The third-order valence-corrected chi connectivity index (χ3v) is 3.32. The molecule has 1 aromatic heterocycles. The predicted molar refractivity (Wildman–Crippen MR) is 60.4 cm³/mol. The Morgan fingerprint density at radius 1 is 1.53 bits per heavy atom. The fourth-order valence-corrected chi connectivity index (χ4v) is 2.62. The van der Waals surface area contributed by atoms with E-state index < -0.39 is 0 Å². The second kappa shape index (κ2) is 3.98. The van der Waals surface area contributed by atoms with Crippen molar-refractivity contribution in [1.82, 2.24) is 4.57 Å². The van der Waals surface area contributed by atoms with Crippen LogP contribution >= 0.6 is 0 Å². The Hall–Kier alpha value is -1.43. The molecule has 0 aliphatic heterocycles. The molecule has 2 N–H and O–H groups in total. The molecule has 1 aliphatic rings. The maximum Gasteiger partial charge on any atom is 0.122 e. The van der Waals surface area contributed by atoms with E-state index in [-0.39, 0.29) is 0 Å². The van der Waals surface area contributed by atoms with Crippen molar-refractivity contribution in [2.75, 3.05) is 5.73 Å². The third kappa shape index (κ3) is 1.61. The molecule has 1 fully saturated rings. The van der Waals surface area contributed by atoms with Crippen LogP contribution in [0, 0.1) is 11.3 Å². The highest BCUT2D eigenvalue weighted by molar-refractivity contribution is 5.51. The van der Waals surface area contributed by atoms with Gasteiger partial charge in [-0.05, 0) is 25.3 Å². The molecule has 0 atom stereocenters. The molecule has 0 unspecified atom stereocenters. The number of rotatable bonds is 2. The average Bonchev–Trinajstić information content (AvgIpc) is 2.83. The Morgan fingerprint density at radius 3 is 2.73 bits per heavy atom. The summed E-state index contributed by atoms with van der Waals surface area (Å²) in [7, 11) is 0. The molecule has 0 saturated heterocycles. The van der Waals surface area contributed by atoms with E-state index in [0.717, 1.165) is 23.5 Å². The number of hydrogen-bond acceptors (Lipinski definition) is 2. The summed E-state index contributed by atoms with van der Waals surface area (Å²) < 4.78 is 2.17. The molecule has 0 bridgehead atoms. The molecule has 0 aromatic carbocycles. The molecule has 1 heterocycles. The average molecular weight is 203 g/mol. The normalized spacial score (nSPS) is 16.8. The molecular formula is C12H17N3. The second-order valence-corrected chi connectivity index (χ2v) is 4.21. The number of nitriles is 1. The molecule has 1 aliphatic carbocycles. The maximum atomic E-state index is 9.09. The van der Waals surface area contributed by atoms with E-state index in [1.165, 1.54) is 25.7 Å². The standard InChI is InChI=1S/C12H17N3/c1-2-12-11(14)7-10(8-13)15(12)9-5-3-4-6-9/h7,9H,2-6,14H2,1H3. The van der Waals surface area contributed by atoms with Crippen molar-refractivity contribution >= 4 is 5.69 Å². The molecular weight excluding hydrogens is 186 g/mol. The lowest BCUT2D eigenvalue weighted by Gasteiger charge is -2.17. The maximum absolute atomic E-state index is 9.09. The first-order chi connectivity index (χ1) is 7.27. The van der Waals surface area contributed by atoms with E-state index >= 15 is 0 Å². The summed E-state index contributed by atoms with van der Waals surface area (Å²) in [6.07, 6.45) is 5.84. The van der Waals surface area contributed by atoms with Gasteiger partial charge in [0.15, 0.2) is 0 Å². The van der Waals surface area contributed by atoms with E-state index in [1.54, 1.807) is 0 Å². The Kier molecular flexibility index (Phi) is 2.68. The van der Waals surface area contributed by atoms with E-state index in [0.29, 0.717) is 6.04 Å². The van der Waals surface area contributed by atoms with Crippen molar-refractivity contribution in [2.45, 2.75) is 45.1 Å². The molecule has 3 heteroatoms. The van der Waals surface area contributed by atoms with Gasteiger partial charge < -0.3 is 10.3 Å².